The van der Waals surface area contributed by atoms with Gasteiger partial charge < -0.3 is 16.0 Å². The number of aromatic amines is 2. The molecule has 1 fully saturated rings. The number of fused-ring (bicyclic) bond motifs is 1. The highest BCUT2D eigenvalue weighted by molar-refractivity contribution is 5.83. The highest BCUT2D eigenvalue weighted by Gasteiger charge is 2.23. The van der Waals surface area contributed by atoms with Gasteiger partial charge in [-0.05, 0) is 44.0 Å². The Labute approximate surface area is 168 Å². The Morgan fingerprint density at radius 2 is 2.03 bits per heavy atom. The van der Waals surface area contributed by atoms with Crippen molar-refractivity contribution >= 4 is 16.9 Å². The van der Waals surface area contributed by atoms with Gasteiger partial charge in [-0.3, -0.25) is 5.10 Å². The van der Waals surface area contributed by atoms with E-state index in [-0.39, 0.29) is 0 Å². The Morgan fingerprint density at radius 1 is 1.17 bits per heavy atom. The van der Waals surface area contributed by atoms with E-state index in [1.165, 1.54) is 5.56 Å². The van der Waals surface area contributed by atoms with Crippen LogP contribution in [0, 0.1) is 0 Å². The zero-order valence-corrected chi connectivity index (χ0v) is 16.4. The largest absolute Gasteiger partial charge is 0.382 e. The first kappa shape index (κ1) is 17.8. The molecule has 0 atom stereocenters. The van der Waals surface area contributed by atoms with E-state index in [1.807, 2.05) is 18.3 Å². The molecule has 5 rings (SSSR count). The monoisotopic (exact) mass is 388 g/mol. The van der Waals surface area contributed by atoms with Gasteiger partial charge in [0.15, 0.2) is 11.6 Å². The Morgan fingerprint density at radius 3 is 2.86 bits per heavy atom. The second kappa shape index (κ2) is 7.29. The van der Waals surface area contributed by atoms with Crippen molar-refractivity contribution < 1.29 is 0 Å². The molecule has 8 nitrogen and oxygen atoms in total. The molecule has 3 aromatic heterocycles. The minimum Gasteiger partial charge on any atom is -0.382 e. The van der Waals surface area contributed by atoms with Gasteiger partial charge in [0.1, 0.15) is 5.69 Å². The molecule has 5 N–H and O–H groups in total. The molecule has 4 aromatic rings. The fourth-order valence-corrected chi connectivity index (χ4v) is 4.10. The third-order valence-corrected chi connectivity index (χ3v) is 5.67. The molecular formula is C21H24N8. The molecule has 0 unspecified atom stereocenters. The Hall–Kier alpha value is -3.26. The number of aromatic nitrogens is 6. The molecule has 0 bridgehead atoms. The van der Waals surface area contributed by atoms with Crippen LogP contribution in [0.3, 0.4) is 0 Å². The molecule has 1 aliphatic heterocycles. The summed E-state index contributed by atoms with van der Waals surface area (Å²) in [6.07, 6.45) is 6.66. The molecule has 1 aromatic carbocycles. The topological polar surface area (TPSA) is 121 Å². The minimum atomic E-state index is 0.359. The summed E-state index contributed by atoms with van der Waals surface area (Å²) in [4.78, 5) is 17.4. The van der Waals surface area contributed by atoms with Crippen LogP contribution in [0.2, 0.25) is 0 Å². The van der Waals surface area contributed by atoms with E-state index in [1.54, 1.807) is 6.20 Å². The van der Waals surface area contributed by atoms with Gasteiger partial charge in [-0.1, -0.05) is 19.1 Å². The van der Waals surface area contributed by atoms with Gasteiger partial charge in [0, 0.05) is 17.7 Å². The van der Waals surface area contributed by atoms with Gasteiger partial charge in [0.2, 0.25) is 0 Å². The van der Waals surface area contributed by atoms with Gasteiger partial charge in [-0.25, -0.2) is 15.0 Å². The molecule has 1 aliphatic rings. The van der Waals surface area contributed by atoms with E-state index < -0.39 is 0 Å². The number of anilines is 1. The molecule has 0 aliphatic carbocycles. The van der Waals surface area contributed by atoms with Crippen LogP contribution in [-0.4, -0.2) is 43.2 Å². The highest BCUT2D eigenvalue weighted by atomic mass is 15.1. The Bertz CT molecular complexity index is 1150. The number of hydrogen-bond donors (Lipinski definition) is 4. The van der Waals surface area contributed by atoms with Crippen molar-refractivity contribution in [3.63, 3.8) is 0 Å². The number of benzene rings is 1. The molecule has 0 amide bonds. The predicted octanol–water partition coefficient (Wildman–Crippen LogP) is 3.02. The number of rotatable bonds is 4. The first-order chi connectivity index (χ1) is 14.2. The number of piperidine rings is 1. The molecule has 0 saturated carbocycles. The van der Waals surface area contributed by atoms with E-state index in [0.717, 1.165) is 60.3 Å². The fraction of sp³-hybridized carbons (Fsp3) is 0.333. The van der Waals surface area contributed by atoms with Crippen LogP contribution in [0.15, 0.2) is 30.6 Å². The van der Waals surface area contributed by atoms with Crippen LogP contribution >= 0.6 is 0 Å². The van der Waals surface area contributed by atoms with Crippen molar-refractivity contribution in [1.82, 2.24) is 35.5 Å². The second-order valence-electron chi connectivity index (χ2n) is 7.45. The maximum atomic E-state index is 6.18. The van der Waals surface area contributed by atoms with Gasteiger partial charge in [-0.2, -0.15) is 5.10 Å². The predicted molar refractivity (Wildman–Crippen MR) is 113 cm³/mol. The van der Waals surface area contributed by atoms with Crippen LogP contribution in [0.4, 0.5) is 5.82 Å². The van der Waals surface area contributed by atoms with Gasteiger partial charge in [0.25, 0.3) is 0 Å². The Balaban J connectivity index is 1.58. The summed E-state index contributed by atoms with van der Waals surface area (Å²) >= 11 is 0. The zero-order chi connectivity index (χ0) is 19.8. The summed E-state index contributed by atoms with van der Waals surface area (Å²) < 4.78 is 0. The normalized spacial score (nSPS) is 15.2. The summed E-state index contributed by atoms with van der Waals surface area (Å²) in [5.41, 5.74) is 12.7. The molecule has 0 radical (unpaired) electrons. The van der Waals surface area contributed by atoms with E-state index in [4.69, 9.17) is 15.7 Å². The average molecular weight is 388 g/mol. The van der Waals surface area contributed by atoms with Gasteiger partial charge >= 0.3 is 0 Å². The van der Waals surface area contributed by atoms with Crippen LogP contribution in [0.5, 0.6) is 0 Å². The fourth-order valence-electron chi connectivity index (χ4n) is 4.10. The third-order valence-electron chi connectivity index (χ3n) is 5.67. The standard InChI is InChI=1S/C21H24N8/c1-2-12-4-3-5-15-18(12)28-21(27-15)19-20(22)24-11-16(26-19)14-10-25-29-17(14)13-6-8-23-9-7-13/h3-5,10-11,13,23H,2,6-9H2,1H3,(H2,22,24)(H,25,29)(H,27,28). The summed E-state index contributed by atoms with van der Waals surface area (Å²) in [7, 11) is 0. The van der Waals surface area contributed by atoms with Crippen molar-refractivity contribution in [3.05, 3.63) is 41.9 Å². The second-order valence-corrected chi connectivity index (χ2v) is 7.45. The minimum absolute atomic E-state index is 0.359. The smallest absolute Gasteiger partial charge is 0.161 e. The SMILES string of the molecule is CCc1cccc2[nH]c(-c3nc(-c4c[nH]nc4C4CCNCC4)cnc3N)nc12. The lowest BCUT2D eigenvalue weighted by atomic mass is 9.91. The summed E-state index contributed by atoms with van der Waals surface area (Å²) in [6.45, 7) is 4.14. The zero-order valence-electron chi connectivity index (χ0n) is 16.4. The van der Waals surface area contributed by atoms with Crippen molar-refractivity contribution in [1.29, 1.82) is 0 Å². The van der Waals surface area contributed by atoms with Crippen LogP contribution in [0.1, 0.15) is 36.9 Å². The lowest BCUT2D eigenvalue weighted by molar-refractivity contribution is 0.453. The highest BCUT2D eigenvalue weighted by Crippen LogP contribution is 2.33. The molecule has 8 heteroatoms. The van der Waals surface area contributed by atoms with E-state index in [9.17, 15) is 0 Å². The number of nitrogens with one attached hydrogen (secondary N) is 3. The van der Waals surface area contributed by atoms with Crippen LogP contribution < -0.4 is 11.1 Å². The number of para-hydroxylation sites is 1. The quantitative estimate of drug-likeness (QED) is 0.426. The van der Waals surface area contributed by atoms with E-state index >= 15 is 0 Å². The summed E-state index contributed by atoms with van der Waals surface area (Å²) in [5.74, 6) is 1.41. The molecule has 4 heterocycles. The summed E-state index contributed by atoms with van der Waals surface area (Å²) in [6, 6.07) is 6.14. The number of imidazole rings is 1. The Kier molecular flexibility index (Phi) is 4.48. The first-order valence-corrected chi connectivity index (χ1v) is 10.1. The first-order valence-electron chi connectivity index (χ1n) is 10.1. The van der Waals surface area contributed by atoms with Gasteiger partial charge in [-0.15, -0.1) is 0 Å². The van der Waals surface area contributed by atoms with Crippen molar-refractivity contribution in [2.24, 2.45) is 0 Å². The number of H-pyrrole nitrogens is 2. The number of nitrogens with two attached hydrogens (primary N) is 1. The molecule has 0 spiro atoms. The van der Waals surface area contributed by atoms with E-state index in [2.05, 4.69) is 38.5 Å². The van der Waals surface area contributed by atoms with Gasteiger partial charge in [0.05, 0.1) is 28.6 Å². The lowest BCUT2D eigenvalue weighted by Crippen LogP contribution is -2.27. The van der Waals surface area contributed by atoms with Crippen LogP contribution in [0.25, 0.3) is 33.8 Å². The van der Waals surface area contributed by atoms with Crippen molar-refractivity contribution in [3.8, 4) is 22.8 Å². The van der Waals surface area contributed by atoms with E-state index in [0.29, 0.717) is 23.3 Å². The van der Waals surface area contributed by atoms with Crippen LogP contribution in [-0.2, 0) is 6.42 Å². The number of hydrogen-bond acceptors (Lipinski definition) is 6. The average Bonchev–Trinajstić information content (AvgIpc) is 3.42. The third kappa shape index (κ3) is 3.15. The molecule has 148 valence electrons. The maximum absolute atomic E-state index is 6.18. The maximum Gasteiger partial charge on any atom is 0.161 e. The summed E-state index contributed by atoms with van der Waals surface area (Å²) in [5, 5.41) is 10.9. The van der Waals surface area contributed by atoms with Crippen molar-refractivity contribution in [2.45, 2.75) is 32.1 Å². The number of nitrogen functional groups attached to an aromatic ring is 1. The number of nitrogens with zero attached hydrogens (tertiary/aromatic N) is 4. The molecule has 29 heavy (non-hydrogen) atoms. The van der Waals surface area contributed by atoms with Crippen molar-refractivity contribution in [2.75, 3.05) is 18.8 Å². The lowest BCUT2D eigenvalue weighted by Gasteiger charge is -2.21. The molecular weight excluding hydrogens is 364 g/mol. The molecule has 1 saturated heterocycles. The number of aryl methyl sites for hydroxylation is 1.